The van der Waals surface area contributed by atoms with E-state index in [0.29, 0.717) is 0 Å². The lowest BCUT2D eigenvalue weighted by atomic mass is 9.78. The molecule has 1 aromatic heterocycles. The van der Waals surface area contributed by atoms with E-state index >= 15 is 0 Å². The van der Waals surface area contributed by atoms with Crippen molar-refractivity contribution in [2.75, 3.05) is 0 Å². The minimum absolute atomic E-state index is 0.0910. The Balaban J connectivity index is 1.87. The molecule has 0 N–H and O–H groups in total. The fourth-order valence-electron chi connectivity index (χ4n) is 5.20. The Bertz CT molecular complexity index is 985. The molecular formula is C23H25N. The summed E-state index contributed by atoms with van der Waals surface area (Å²) in [6, 6.07) is 13.9. The van der Waals surface area contributed by atoms with Gasteiger partial charge in [-0.1, -0.05) is 74.4 Å². The lowest BCUT2D eigenvalue weighted by Gasteiger charge is -2.30. The molecule has 0 bridgehead atoms. The zero-order valence-corrected chi connectivity index (χ0v) is 15.1. The summed E-state index contributed by atoms with van der Waals surface area (Å²) in [6.45, 7) is 10.7. The van der Waals surface area contributed by atoms with Crippen LogP contribution in [0, 0.1) is 0 Å². The van der Waals surface area contributed by atoms with Gasteiger partial charge in [0.25, 0.3) is 0 Å². The Morgan fingerprint density at radius 3 is 2.58 bits per heavy atom. The van der Waals surface area contributed by atoms with Crippen LogP contribution in [0.1, 0.15) is 57.4 Å². The Hall–Kier alpha value is -2.02. The lowest BCUT2D eigenvalue weighted by molar-refractivity contribution is -0.709. The molecule has 2 aromatic carbocycles. The van der Waals surface area contributed by atoms with Crippen molar-refractivity contribution >= 4 is 10.8 Å². The molecule has 24 heavy (non-hydrogen) atoms. The van der Waals surface area contributed by atoms with E-state index in [4.69, 9.17) is 0 Å². The fourth-order valence-corrected chi connectivity index (χ4v) is 5.20. The van der Waals surface area contributed by atoms with Gasteiger partial charge in [0, 0.05) is 17.3 Å². The minimum atomic E-state index is 0.0910. The van der Waals surface area contributed by atoms with Gasteiger partial charge in [0.1, 0.15) is 6.54 Å². The smallest absolute Gasteiger partial charge is 0.130 e. The van der Waals surface area contributed by atoms with Gasteiger partial charge in [0.15, 0.2) is 0 Å². The van der Waals surface area contributed by atoms with E-state index in [0.717, 1.165) is 6.54 Å². The molecule has 0 spiro atoms. The van der Waals surface area contributed by atoms with Crippen molar-refractivity contribution in [2.45, 2.75) is 57.9 Å². The number of rotatable bonds is 0. The van der Waals surface area contributed by atoms with Gasteiger partial charge in [-0.3, -0.25) is 4.57 Å². The first-order chi connectivity index (χ1) is 11.4. The molecule has 0 radical (unpaired) electrons. The van der Waals surface area contributed by atoms with Gasteiger partial charge in [-0.2, -0.15) is 0 Å². The average Bonchev–Trinajstić information content (AvgIpc) is 3.01. The van der Waals surface area contributed by atoms with Gasteiger partial charge in [-0.25, -0.2) is 0 Å². The second kappa shape index (κ2) is 4.33. The summed E-state index contributed by atoms with van der Waals surface area (Å²) >= 11 is 0. The first-order valence-electron chi connectivity index (χ1n) is 9.17. The highest BCUT2D eigenvalue weighted by atomic mass is 15.0. The second-order valence-corrected chi connectivity index (χ2v) is 8.81. The Kier molecular flexibility index (Phi) is 2.59. The maximum absolute atomic E-state index is 2.52. The number of benzene rings is 2. The summed E-state index contributed by atoms with van der Waals surface area (Å²) in [5.41, 5.74) is 7.71. The van der Waals surface area contributed by atoms with Crippen LogP contribution in [0.4, 0.5) is 0 Å². The van der Waals surface area contributed by atoms with Crippen LogP contribution >= 0.6 is 0 Å². The zero-order chi connectivity index (χ0) is 16.7. The van der Waals surface area contributed by atoms with Crippen LogP contribution in [-0.4, -0.2) is 0 Å². The quantitative estimate of drug-likeness (QED) is 0.395. The van der Waals surface area contributed by atoms with Crippen molar-refractivity contribution in [1.29, 1.82) is 0 Å². The molecule has 0 saturated heterocycles. The predicted molar refractivity (Wildman–Crippen MR) is 99.6 cm³/mol. The van der Waals surface area contributed by atoms with Gasteiger partial charge in [-0.05, 0) is 23.1 Å². The highest BCUT2D eigenvalue weighted by molar-refractivity contribution is 5.94. The molecule has 3 aromatic rings. The van der Waals surface area contributed by atoms with Crippen molar-refractivity contribution in [3.8, 4) is 11.1 Å². The van der Waals surface area contributed by atoms with E-state index in [1.165, 1.54) is 45.9 Å². The highest BCUT2D eigenvalue weighted by Gasteiger charge is 2.36. The molecule has 1 aliphatic carbocycles. The third kappa shape index (κ3) is 1.65. The van der Waals surface area contributed by atoms with Gasteiger partial charge in [0.2, 0.25) is 0 Å². The standard InChI is InChI=1S/C23H25N/c1-22(2)10-7-11-24-14-15-12-18-16-8-5-6-9-19(16)23(3,4)20(18)13-17(15)21(22)24/h5-6,8-9,12-14H,7,10-11H2,1-4H3. The number of hydrogen-bond donors (Lipinski definition) is 0. The number of nitrogens with zero attached hydrogens (tertiary/aromatic N) is 1. The average molecular weight is 315 g/mol. The molecule has 0 fully saturated rings. The SMILES string of the molecule is CC1(C)CCC[n+]2[cH-]c3cc4c(cc3c21)C(C)(C)c1ccccc1-4. The van der Waals surface area contributed by atoms with Crippen LogP contribution in [0.15, 0.2) is 42.6 Å². The predicted octanol–water partition coefficient (Wildman–Crippen LogP) is 5.22. The molecule has 0 saturated carbocycles. The molecule has 0 amide bonds. The van der Waals surface area contributed by atoms with Crippen LogP contribution in [0.25, 0.3) is 21.9 Å². The third-order valence-corrected chi connectivity index (χ3v) is 6.43. The van der Waals surface area contributed by atoms with Crippen LogP contribution in [0.3, 0.4) is 0 Å². The van der Waals surface area contributed by atoms with E-state index in [1.807, 2.05) is 0 Å². The number of hydrogen-bond acceptors (Lipinski definition) is 0. The molecule has 1 nitrogen and oxygen atoms in total. The van der Waals surface area contributed by atoms with Crippen molar-refractivity contribution in [2.24, 2.45) is 0 Å². The first-order valence-corrected chi connectivity index (χ1v) is 9.17. The van der Waals surface area contributed by atoms with Crippen LogP contribution < -0.4 is 4.57 Å². The van der Waals surface area contributed by atoms with Crippen LogP contribution in [0.2, 0.25) is 0 Å². The number of fused-ring (bicyclic) bond motifs is 6. The topological polar surface area (TPSA) is 3.88 Å². The summed E-state index contributed by atoms with van der Waals surface area (Å²) in [5, 5.41) is 2.88. The minimum Gasteiger partial charge on any atom is -0.289 e. The van der Waals surface area contributed by atoms with Gasteiger partial charge in [-0.15, -0.1) is 6.07 Å². The second-order valence-electron chi connectivity index (χ2n) is 8.81. The maximum atomic E-state index is 2.52. The number of aromatic nitrogens is 1. The molecule has 122 valence electrons. The first kappa shape index (κ1) is 14.3. The molecule has 0 atom stereocenters. The Labute approximate surface area is 144 Å². The van der Waals surface area contributed by atoms with E-state index in [9.17, 15) is 0 Å². The molecule has 0 unspecified atom stereocenters. The highest BCUT2D eigenvalue weighted by Crippen LogP contribution is 2.50. The summed E-state index contributed by atoms with van der Waals surface area (Å²) < 4.78 is 2.52. The van der Waals surface area contributed by atoms with Crippen molar-refractivity contribution < 1.29 is 4.57 Å². The van der Waals surface area contributed by atoms with E-state index in [2.05, 4.69) is 74.9 Å². The fraction of sp³-hybridized carbons (Fsp3) is 0.391. The molecule has 1 heteroatoms. The van der Waals surface area contributed by atoms with Gasteiger partial charge in [0.05, 0.1) is 11.9 Å². The largest absolute Gasteiger partial charge is 0.289 e. The monoisotopic (exact) mass is 315 g/mol. The summed E-state index contributed by atoms with van der Waals surface area (Å²) in [4.78, 5) is 0. The van der Waals surface area contributed by atoms with Crippen molar-refractivity contribution in [3.63, 3.8) is 0 Å². The molecule has 1 aliphatic heterocycles. The molecule has 2 heterocycles. The molecule has 5 rings (SSSR count). The summed E-state index contributed by atoms with van der Waals surface area (Å²) in [6.07, 6.45) is 4.96. The lowest BCUT2D eigenvalue weighted by Crippen LogP contribution is -2.46. The van der Waals surface area contributed by atoms with E-state index in [-0.39, 0.29) is 10.8 Å². The zero-order valence-electron chi connectivity index (χ0n) is 15.1. The van der Waals surface area contributed by atoms with Crippen LogP contribution in [0.5, 0.6) is 0 Å². The Morgan fingerprint density at radius 1 is 0.958 bits per heavy atom. The molecular weight excluding hydrogens is 290 g/mol. The molecule has 2 aliphatic rings. The normalized spacial score (nSPS) is 19.8. The third-order valence-electron chi connectivity index (χ3n) is 6.43. The van der Waals surface area contributed by atoms with Gasteiger partial charge < -0.3 is 0 Å². The summed E-state index contributed by atoms with van der Waals surface area (Å²) in [5.74, 6) is 0. The number of aryl methyl sites for hydroxylation is 1. The van der Waals surface area contributed by atoms with Gasteiger partial charge >= 0.3 is 0 Å². The van der Waals surface area contributed by atoms with Crippen molar-refractivity contribution in [1.82, 2.24) is 0 Å². The van der Waals surface area contributed by atoms with E-state index in [1.54, 1.807) is 5.69 Å². The summed E-state index contributed by atoms with van der Waals surface area (Å²) in [7, 11) is 0. The van der Waals surface area contributed by atoms with Crippen molar-refractivity contribution in [3.05, 3.63) is 59.4 Å². The Morgan fingerprint density at radius 2 is 1.75 bits per heavy atom. The maximum Gasteiger partial charge on any atom is 0.130 e. The van der Waals surface area contributed by atoms with E-state index < -0.39 is 0 Å². The van der Waals surface area contributed by atoms with Crippen LogP contribution in [-0.2, 0) is 17.4 Å².